The van der Waals surface area contributed by atoms with Gasteiger partial charge in [0.15, 0.2) is 0 Å². The molecule has 3 N–H and O–H groups in total. The summed E-state index contributed by atoms with van der Waals surface area (Å²) in [5.41, 5.74) is -1.10. The Kier molecular flexibility index (Phi) is 14.3. The number of rotatable bonds is 14. The Hall–Kier alpha value is -3.22. The second-order valence-electron chi connectivity index (χ2n) is 13.2. The number of amides is 1. The number of carbonyl (C=O) groups is 6. The minimum atomic E-state index is -1.03. The Morgan fingerprint density at radius 1 is 0.689 bits per heavy atom. The van der Waals surface area contributed by atoms with Crippen molar-refractivity contribution >= 4 is 35.8 Å². The van der Waals surface area contributed by atoms with Crippen LogP contribution in [0.25, 0.3) is 0 Å². The number of ether oxygens (including phenoxy) is 4. The molecule has 0 radical (unpaired) electrons. The predicted octanol–water partition coefficient (Wildman–Crippen LogP) is 3.36. The molecule has 3 fully saturated rings. The summed E-state index contributed by atoms with van der Waals surface area (Å²) in [5.74, 6) is -6.10. The van der Waals surface area contributed by atoms with Crippen LogP contribution in [-0.4, -0.2) is 84.5 Å². The molecule has 1 amide bonds. The number of carbonyl (C=O) groups excluding carboxylic acids is 4. The van der Waals surface area contributed by atoms with Crippen molar-refractivity contribution in [1.82, 2.24) is 5.32 Å². The average Bonchev–Trinajstić information content (AvgIpc) is 3.63. The van der Waals surface area contributed by atoms with Crippen molar-refractivity contribution in [2.45, 2.75) is 105 Å². The molecule has 2 aliphatic heterocycles. The Balaban J connectivity index is 0.000000314. The molecule has 13 heteroatoms. The average molecular weight is 642 g/mol. The maximum absolute atomic E-state index is 12.1. The van der Waals surface area contributed by atoms with Gasteiger partial charge in [0.25, 0.3) is 0 Å². The van der Waals surface area contributed by atoms with Crippen LogP contribution in [0.2, 0.25) is 0 Å². The van der Waals surface area contributed by atoms with Crippen molar-refractivity contribution in [1.29, 1.82) is 0 Å². The maximum Gasteiger partial charge on any atom is 0.312 e. The first-order valence-corrected chi connectivity index (χ1v) is 16.0. The minimum Gasteiger partial charge on any atom is -0.481 e. The van der Waals surface area contributed by atoms with E-state index in [4.69, 9.17) is 24.1 Å². The van der Waals surface area contributed by atoms with E-state index in [1.54, 1.807) is 13.8 Å². The summed E-state index contributed by atoms with van der Waals surface area (Å²) >= 11 is 0. The van der Waals surface area contributed by atoms with Gasteiger partial charge in [-0.15, -0.1) is 0 Å². The zero-order valence-corrected chi connectivity index (χ0v) is 27.4. The second kappa shape index (κ2) is 16.9. The van der Waals surface area contributed by atoms with Crippen LogP contribution < -0.4 is 5.32 Å². The van der Waals surface area contributed by atoms with Crippen molar-refractivity contribution in [2.75, 3.05) is 26.4 Å². The molecular weight excluding hydrogens is 590 g/mol. The molecule has 0 spiro atoms. The number of aliphatic carboxylic acids is 2. The lowest BCUT2D eigenvalue weighted by atomic mass is 9.79. The highest BCUT2D eigenvalue weighted by molar-refractivity contribution is 5.85. The van der Waals surface area contributed by atoms with Gasteiger partial charge in [-0.1, -0.05) is 26.7 Å². The summed E-state index contributed by atoms with van der Waals surface area (Å²) in [6.07, 6.45) is 4.76. The fourth-order valence-electron chi connectivity index (χ4n) is 5.53. The number of carboxylic acid groups (broad SMARTS) is 2. The number of nitrogens with one attached hydrogen (secondary N) is 1. The molecule has 0 aromatic heterocycles. The van der Waals surface area contributed by atoms with Gasteiger partial charge in [0.05, 0.1) is 53.3 Å². The largest absolute Gasteiger partial charge is 0.481 e. The van der Waals surface area contributed by atoms with E-state index < -0.39 is 58.5 Å². The van der Waals surface area contributed by atoms with Crippen molar-refractivity contribution in [2.24, 2.45) is 34.5 Å². The van der Waals surface area contributed by atoms with Crippen LogP contribution in [0.4, 0.5) is 0 Å². The van der Waals surface area contributed by atoms with Crippen molar-refractivity contribution in [3.8, 4) is 0 Å². The van der Waals surface area contributed by atoms with Crippen LogP contribution in [0.1, 0.15) is 92.9 Å². The van der Waals surface area contributed by atoms with Crippen molar-refractivity contribution < 1.29 is 57.9 Å². The second-order valence-corrected chi connectivity index (χ2v) is 13.2. The van der Waals surface area contributed by atoms with Gasteiger partial charge in [-0.05, 0) is 66.2 Å². The van der Waals surface area contributed by atoms with E-state index in [-0.39, 0.29) is 50.3 Å². The Bertz CT molecular complexity index is 1070. The molecule has 6 unspecified atom stereocenters. The number of hydrogen-bond donors (Lipinski definition) is 3. The van der Waals surface area contributed by atoms with Crippen LogP contribution >= 0.6 is 0 Å². The SMILES string of the molecule is CCC(C)(C)C(=O)OCCNC(=O)C1CCCCC1C(=O)O.CCC(C)(C)C(=O)OCCOC(=O)C1C2CCC(O2)C1C(=O)O. The molecule has 6 atom stereocenters. The number of esters is 3. The minimum absolute atomic E-state index is 0.0343. The topological polar surface area (TPSA) is 192 Å². The molecular formula is C32H51NO12. The molecule has 2 bridgehead atoms. The fraction of sp³-hybridized carbons (Fsp3) is 0.812. The first-order chi connectivity index (χ1) is 21.1. The highest BCUT2D eigenvalue weighted by Crippen LogP contribution is 2.44. The lowest BCUT2D eigenvalue weighted by Crippen LogP contribution is -2.41. The summed E-state index contributed by atoms with van der Waals surface area (Å²) < 4.78 is 20.8. The number of hydrogen-bond acceptors (Lipinski definition) is 10. The molecule has 2 saturated heterocycles. The molecule has 0 aromatic carbocycles. The van der Waals surface area contributed by atoms with E-state index in [0.29, 0.717) is 38.5 Å². The monoisotopic (exact) mass is 641 g/mol. The molecule has 1 aliphatic carbocycles. The molecule has 2 heterocycles. The summed E-state index contributed by atoms with van der Waals surface area (Å²) in [6, 6.07) is 0. The van der Waals surface area contributed by atoms with Gasteiger partial charge in [-0.2, -0.15) is 0 Å². The molecule has 0 aromatic rings. The summed E-state index contributed by atoms with van der Waals surface area (Å²) in [5, 5.41) is 21.1. The highest BCUT2D eigenvalue weighted by Gasteiger charge is 2.56. The molecule has 3 aliphatic rings. The van der Waals surface area contributed by atoms with Gasteiger partial charge < -0.3 is 34.5 Å². The van der Waals surface area contributed by atoms with Gasteiger partial charge in [0.1, 0.15) is 19.8 Å². The van der Waals surface area contributed by atoms with E-state index in [2.05, 4.69) is 5.32 Å². The first kappa shape index (κ1) is 38.0. The predicted molar refractivity (Wildman–Crippen MR) is 160 cm³/mol. The van der Waals surface area contributed by atoms with E-state index in [1.165, 1.54) is 0 Å². The van der Waals surface area contributed by atoms with Crippen molar-refractivity contribution in [3.63, 3.8) is 0 Å². The highest BCUT2D eigenvalue weighted by atomic mass is 16.6. The lowest BCUT2D eigenvalue weighted by molar-refractivity contribution is -0.163. The Morgan fingerprint density at radius 2 is 1.18 bits per heavy atom. The molecule has 45 heavy (non-hydrogen) atoms. The molecule has 3 rings (SSSR count). The van der Waals surface area contributed by atoms with Crippen LogP contribution in [-0.2, 0) is 47.7 Å². The number of fused-ring (bicyclic) bond motifs is 2. The van der Waals surface area contributed by atoms with E-state index in [0.717, 1.165) is 12.8 Å². The zero-order valence-electron chi connectivity index (χ0n) is 27.4. The van der Waals surface area contributed by atoms with Gasteiger partial charge in [-0.3, -0.25) is 28.8 Å². The number of carboxylic acids is 2. The van der Waals surface area contributed by atoms with Gasteiger partial charge in [0.2, 0.25) is 5.91 Å². The lowest BCUT2D eigenvalue weighted by Gasteiger charge is -2.27. The van der Waals surface area contributed by atoms with Crippen LogP contribution in [0, 0.1) is 34.5 Å². The Morgan fingerprint density at radius 3 is 1.69 bits per heavy atom. The molecule has 256 valence electrons. The van der Waals surface area contributed by atoms with Gasteiger partial charge >= 0.3 is 29.8 Å². The molecule has 13 nitrogen and oxygen atoms in total. The quantitative estimate of drug-likeness (QED) is 0.143. The summed E-state index contributed by atoms with van der Waals surface area (Å²) in [7, 11) is 0. The first-order valence-electron chi connectivity index (χ1n) is 16.0. The standard InChI is InChI=1S/C16H27NO5.C16H24O7/c1-4-16(2,3)15(21)22-10-9-17-13(18)11-7-5-6-8-12(11)14(19)20;1-4-16(2,3)15(20)22-8-7-21-14(19)12-10-6-5-9(23-10)11(12)13(17)18/h11-12H,4-10H2,1-3H3,(H,17,18)(H,19,20);9-12H,4-8H2,1-3H3,(H,17,18). The zero-order chi connectivity index (χ0) is 33.9. The van der Waals surface area contributed by atoms with Gasteiger partial charge in [0, 0.05) is 0 Å². The van der Waals surface area contributed by atoms with E-state index in [1.807, 2.05) is 27.7 Å². The summed E-state index contributed by atoms with van der Waals surface area (Å²) in [6.45, 7) is 11.2. The van der Waals surface area contributed by atoms with E-state index in [9.17, 15) is 33.9 Å². The summed E-state index contributed by atoms with van der Waals surface area (Å²) in [4.78, 5) is 70.3. The van der Waals surface area contributed by atoms with Crippen molar-refractivity contribution in [3.05, 3.63) is 0 Å². The third-order valence-corrected chi connectivity index (χ3v) is 9.32. The van der Waals surface area contributed by atoms with Gasteiger partial charge in [-0.25, -0.2) is 0 Å². The van der Waals surface area contributed by atoms with Crippen LogP contribution in [0.5, 0.6) is 0 Å². The third kappa shape index (κ3) is 10.4. The Labute approximate surface area is 265 Å². The third-order valence-electron chi connectivity index (χ3n) is 9.32. The normalized spacial score (nSPS) is 25.7. The van der Waals surface area contributed by atoms with Crippen LogP contribution in [0.3, 0.4) is 0 Å². The van der Waals surface area contributed by atoms with E-state index >= 15 is 0 Å². The molecule has 1 saturated carbocycles. The smallest absolute Gasteiger partial charge is 0.312 e. The van der Waals surface area contributed by atoms with Crippen LogP contribution in [0.15, 0.2) is 0 Å². The maximum atomic E-state index is 12.1. The fourth-order valence-corrected chi connectivity index (χ4v) is 5.53.